The van der Waals surface area contributed by atoms with Crippen molar-refractivity contribution in [3.8, 4) is 0 Å². The minimum absolute atomic E-state index is 0.0788. The average molecular weight is 363 g/mol. The first-order chi connectivity index (χ1) is 11.8. The van der Waals surface area contributed by atoms with Crippen LogP contribution in [-0.4, -0.2) is 39.3 Å². The zero-order valence-corrected chi connectivity index (χ0v) is 13.6. The lowest BCUT2D eigenvalue weighted by molar-refractivity contribution is -0.154. The van der Waals surface area contributed by atoms with E-state index in [2.05, 4.69) is 21.0 Å². The maximum absolute atomic E-state index is 12.4. The van der Waals surface area contributed by atoms with Crippen molar-refractivity contribution in [2.45, 2.75) is 38.8 Å². The predicted octanol–water partition coefficient (Wildman–Crippen LogP) is 1.98. The molecular formula is C14H20F3N5O3. The van der Waals surface area contributed by atoms with Crippen molar-refractivity contribution in [1.29, 1.82) is 0 Å². The third-order valence-corrected chi connectivity index (χ3v) is 3.32. The molecule has 0 bridgehead atoms. The summed E-state index contributed by atoms with van der Waals surface area (Å²) in [5.74, 6) is -1.29. The summed E-state index contributed by atoms with van der Waals surface area (Å²) in [6.07, 6.45) is -1.43. The van der Waals surface area contributed by atoms with Gasteiger partial charge in [0, 0.05) is 0 Å². The van der Waals surface area contributed by atoms with Crippen LogP contribution < -0.4 is 10.9 Å². The van der Waals surface area contributed by atoms with Crippen molar-refractivity contribution >= 4 is 18.1 Å². The number of hydrazine groups is 1. The molecule has 1 aromatic heterocycles. The molecular weight excluding hydrogens is 343 g/mol. The molecule has 0 aromatic carbocycles. The zero-order chi connectivity index (χ0) is 18.9. The maximum Gasteiger partial charge on any atom is 0.435 e. The fourth-order valence-electron chi connectivity index (χ4n) is 1.99. The van der Waals surface area contributed by atoms with Crippen molar-refractivity contribution in [2.24, 2.45) is 5.92 Å². The maximum atomic E-state index is 12.4. The van der Waals surface area contributed by atoms with Crippen molar-refractivity contribution < 1.29 is 28.0 Å². The Hall–Kier alpha value is -2.43. The van der Waals surface area contributed by atoms with Crippen molar-refractivity contribution in [1.82, 2.24) is 20.7 Å². The number of unbranched alkanes of at least 4 members (excludes halogenated alkanes) is 2. The number of amides is 2. The smallest absolute Gasteiger partial charge is 0.286 e. The molecule has 0 fully saturated rings. The molecule has 0 radical (unpaired) electrons. The summed E-state index contributed by atoms with van der Waals surface area (Å²) in [7, 11) is 0. The van der Waals surface area contributed by atoms with E-state index in [4.69, 9.17) is 0 Å². The number of nitrogens with zero attached hydrogens (tertiary/aromatic N) is 3. The SMILES string of the molecule is CCCCCC(CN(O)C=O)C(=O)NNc1ccc(C(F)(F)F)nn1. The highest BCUT2D eigenvalue weighted by Gasteiger charge is 2.32. The largest absolute Gasteiger partial charge is 0.435 e. The molecule has 0 spiro atoms. The first-order valence-corrected chi connectivity index (χ1v) is 7.65. The van der Waals surface area contributed by atoms with Crippen LogP contribution in [0.1, 0.15) is 38.3 Å². The fraction of sp³-hybridized carbons (Fsp3) is 0.571. The van der Waals surface area contributed by atoms with Crippen molar-refractivity contribution in [3.05, 3.63) is 17.8 Å². The molecule has 0 saturated carbocycles. The van der Waals surface area contributed by atoms with Crippen LogP contribution in [0.2, 0.25) is 0 Å². The number of halogens is 3. The van der Waals surface area contributed by atoms with Crippen LogP contribution in [0, 0.1) is 5.92 Å². The third-order valence-electron chi connectivity index (χ3n) is 3.32. The lowest BCUT2D eigenvalue weighted by atomic mass is 10.0. The van der Waals surface area contributed by atoms with E-state index in [0.29, 0.717) is 11.5 Å². The molecule has 3 N–H and O–H groups in total. The highest BCUT2D eigenvalue weighted by molar-refractivity contribution is 5.80. The number of anilines is 1. The van der Waals surface area contributed by atoms with E-state index in [9.17, 15) is 28.0 Å². The number of carbonyl (C=O) groups is 2. The van der Waals surface area contributed by atoms with Gasteiger partial charge in [-0.05, 0) is 18.6 Å². The molecule has 1 unspecified atom stereocenters. The number of aromatic nitrogens is 2. The van der Waals surface area contributed by atoms with Crippen LogP contribution >= 0.6 is 0 Å². The number of hydrogen-bond donors (Lipinski definition) is 3. The molecule has 0 saturated heterocycles. The lowest BCUT2D eigenvalue weighted by Crippen LogP contribution is -2.40. The first-order valence-electron chi connectivity index (χ1n) is 7.65. The fourth-order valence-corrected chi connectivity index (χ4v) is 1.99. The summed E-state index contributed by atoms with van der Waals surface area (Å²) in [6, 6.07) is 1.74. The topological polar surface area (TPSA) is 107 Å². The highest BCUT2D eigenvalue weighted by atomic mass is 19.4. The van der Waals surface area contributed by atoms with Crippen molar-refractivity contribution in [3.63, 3.8) is 0 Å². The third kappa shape index (κ3) is 7.33. The van der Waals surface area contributed by atoms with Gasteiger partial charge in [-0.25, -0.2) is 5.06 Å². The number of nitrogens with one attached hydrogen (secondary N) is 2. The lowest BCUT2D eigenvalue weighted by Gasteiger charge is -2.19. The van der Waals surface area contributed by atoms with E-state index < -0.39 is 23.7 Å². The van der Waals surface area contributed by atoms with E-state index in [-0.39, 0.29) is 18.8 Å². The Morgan fingerprint density at radius 1 is 1.36 bits per heavy atom. The standard InChI is InChI=1S/C14H20F3N5O3/c1-2-3-4-5-10(8-22(25)9-23)13(24)21-20-12-7-6-11(18-19-12)14(15,16)17/h6-7,9-10,25H,2-5,8H2,1H3,(H,19,20)(H,21,24). The van der Waals surface area contributed by atoms with Crippen LogP contribution in [0.15, 0.2) is 12.1 Å². The molecule has 140 valence electrons. The summed E-state index contributed by atoms with van der Waals surface area (Å²) in [6.45, 7) is 1.79. The summed E-state index contributed by atoms with van der Waals surface area (Å²) in [5.41, 5.74) is 3.49. The first kappa shape index (κ1) is 20.6. The molecule has 2 amide bonds. The molecule has 25 heavy (non-hydrogen) atoms. The summed E-state index contributed by atoms with van der Waals surface area (Å²) in [4.78, 5) is 22.6. The molecule has 1 atom stereocenters. The normalized spacial score (nSPS) is 12.4. The Morgan fingerprint density at radius 2 is 2.08 bits per heavy atom. The number of hydrogen-bond acceptors (Lipinski definition) is 6. The van der Waals surface area contributed by atoms with Crippen LogP contribution in [0.4, 0.5) is 19.0 Å². The van der Waals surface area contributed by atoms with Crippen LogP contribution in [0.5, 0.6) is 0 Å². The van der Waals surface area contributed by atoms with Gasteiger partial charge in [0.25, 0.3) is 0 Å². The van der Waals surface area contributed by atoms with Gasteiger partial charge < -0.3 is 0 Å². The second-order valence-electron chi connectivity index (χ2n) is 5.34. The number of alkyl halides is 3. The summed E-state index contributed by atoms with van der Waals surface area (Å²) >= 11 is 0. The quantitative estimate of drug-likeness (QED) is 0.254. The van der Waals surface area contributed by atoms with Gasteiger partial charge >= 0.3 is 6.18 Å². The van der Waals surface area contributed by atoms with E-state index in [1.807, 2.05) is 6.92 Å². The van der Waals surface area contributed by atoms with E-state index >= 15 is 0 Å². The molecule has 11 heteroatoms. The summed E-state index contributed by atoms with van der Waals surface area (Å²) < 4.78 is 37.2. The molecule has 1 aromatic rings. The highest BCUT2D eigenvalue weighted by Crippen LogP contribution is 2.26. The number of hydroxylamine groups is 2. The molecule has 0 aliphatic rings. The Balaban J connectivity index is 2.61. The van der Waals surface area contributed by atoms with Gasteiger partial charge in [0.05, 0.1) is 12.5 Å². The minimum atomic E-state index is -4.60. The Kier molecular flexibility index (Phi) is 8.05. The molecule has 1 rings (SSSR count). The van der Waals surface area contributed by atoms with Crippen LogP contribution in [0.25, 0.3) is 0 Å². The Morgan fingerprint density at radius 3 is 2.60 bits per heavy atom. The monoisotopic (exact) mass is 363 g/mol. The molecule has 1 heterocycles. The van der Waals surface area contributed by atoms with Crippen LogP contribution in [-0.2, 0) is 15.8 Å². The van der Waals surface area contributed by atoms with Gasteiger partial charge in [-0.2, -0.15) is 13.2 Å². The van der Waals surface area contributed by atoms with E-state index in [0.717, 1.165) is 31.4 Å². The van der Waals surface area contributed by atoms with E-state index in [1.54, 1.807) is 0 Å². The predicted molar refractivity (Wildman–Crippen MR) is 81.0 cm³/mol. The number of rotatable bonds is 10. The van der Waals surface area contributed by atoms with Gasteiger partial charge in [-0.15, -0.1) is 10.2 Å². The van der Waals surface area contributed by atoms with Gasteiger partial charge in [0.1, 0.15) is 0 Å². The molecule has 8 nitrogen and oxygen atoms in total. The number of carbonyl (C=O) groups excluding carboxylic acids is 2. The molecule has 0 aliphatic carbocycles. The molecule has 0 aliphatic heterocycles. The van der Waals surface area contributed by atoms with Gasteiger partial charge in [0.2, 0.25) is 12.3 Å². The second-order valence-corrected chi connectivity index (χ2v) is 5.34. The Bertz CT molecular complexity index is 554. The Labute approximate surface area is 142 Å². The van der Waals surface area contributed by atoms with Gasteiger partial charge in [-0.3, -0.25) is 25.6 Å². The van der Waals surface area contributed by atoms with E-state index in [1.165, 1.54) is 0 Å². The van der Waals surface area contributed by atoms with Gasteiger partial charge in [-0.1, -0.05) is 26.2 Å². The average Bonchev–Trinajstić information content (AvgIpc) is 2.58. The van der Waals surface area contributed by atoms with Crippen molar-refractivity contribution in [2.75, 3.05) is 12.0 Å². The summed E-state index contributed by atoms with van der Waals surface area (Å²) in [5, 5.41) is 16.0. The van der Waals surface area contributed by atoms with Gasteiger partial charge in [0.15, 0.2) is 11.5 Å². The minimum Gasteiger partial charge on any atom is -0.286 e. The zero-order valence-electron chi connectivity index (χ0n) is 13.6. The second kappa shape index (κ2) is 9.77. The van der Waals surface area contributed by atoms with Crippen LogP contribution in [0.3, 0.4) is 0 Å².